The average Bonchev–Trinajstić information content (AvgIpc) is 2.37. The molecule has 1 aromatic carbocycles. The number of hydrogen-bond acceptors (Lipinski definition) is 4. The van der Waals surface area contributed by atoms with E-state index in [9.17, 15) is 9.90 Å². The van der Waals surface area contributed by atoms with Crippen molar-refractivity contribution in [2.24, 2.45) is 5.73 Å². The minimum absolute atomic E-state index is 0. The Balaban J connectivity index is 0.00000289. The van der Waals surface area contributed by atoms with E-state index in [0.29, 0.717) is 12.0 Å². The number of ether oxygens (including phenoxy) is 1. The normalized spacial score (nSPS) is 13.3. The number of esters is 1. The highest BCUT2D eigenvalue weighted by Crippen LogP contribution is 2.19. The van der Waals surface area contributed by atoms with Crippen molar-refractivity contribution in [1.29, 1.82) is 0 Å². The van der Waals surface area contributed by atoms with Crippen molar-refractivity contribution in [1.82, 2.24) is 0 Å². The Kier molecular flexibility index (Phi) is 7.59. The summed E-state index contributed by atoms with van der Waals surface area (Å²) < 4.78 is 4.64. The molecule has 18 heavy (non-hydrogen) atoms. The summed E-state index contributed by atoms with van der Waals surface area (Å²) in [5, 5.41) is 9.82. The number of carbonyl (C=O) groups is 1. The summed E-state index contributed by atoms with van der Waals surface area (Å²) in [6, 6.07) is 6.39. The van der Waals surface area contributed by atoms with Gasteiger partial charge in [-0.1, -0.05) is 25.5 Å². The topological polar surface area (TPSA) is 72.5 Å². The highest BCUT2D eigenvalue weighted by Gasteiger charge is 2.17. The van der Waals surface area contributed by atoms with Gasteiger partial charge in [0, 0.05) is 0 Å². The molecule has 0 bridgehead atoms. The number of aliphatic hydroxyl groups is 1. The summed E-state index contributed by atoms with van der Waals surface area (Å²) in [5.41, 5.74) is 7.13. The zero-order valence-corrected chi connectivity index (χ0v) is 11.4. The first-order chi connectivity index (χ1) is 8.10. The van der Waals surface area contributed by atoms with Gasteiger partial charge in [-0.05, 0) is 24.1 Å². The molecule has 102 valence electrons. The monoisotopic (exact) mass is 273 g/mol. The highest BCUT2D eigenvalue weighted by atomic mass is 35.5. The van der Waals surface area contributed by atoms with Crippen LogP contribution in [-0.2, 0) is 4.74 Å². The molecule has 1 rings (SSSR count). The van der Waals surface area contributed by atoms with Crippen LogP contribution in [0.25, 0.3) is 0 Å². The minimum Gasteiger partial charge on any atom is -0.465 e. The maximum absolute atomic E-state index is 11.4. The second-order valence-corrected chi connectivity index (χ2v) is 4.00. The van der Waals surface area contributed by atoms with Gasteiger partial charge in [0.2, 0.25) is 0 Å². The summed E-state index contributed by atoms with van der Waals surface area (Å²) in [6.45, 7) is 1.99. The SMILES string of the molecule is CCC[C@H](O)[C@H](N)c1cccc(C(=O)OC)c1.Cl. The number of rotatable bonds is 5. The first-order valence-electron chi connectivity index (χ1n) is 5.72. The van der Waals surface area contributed by atoms with Crippen molar-refractivity contribution < 1.29 is 14.6 Å². The molecule has 5 heteroatoms. The Bertz CT molecular complexity index is 384. The van der Waals surface area contributed by atoms with Gasteiger partial charge in [0.15, 0.2) is 0 Å². The molecule has 0 saturated carbocycles. The number of nitrogens with two attached hydrogens (primary N) is 1. The van der Waals surface area contributed by atoms with E-state index in [1.807, 2.05) is 6.92 Å². The summed E-state index contributed by atoms with van der Waals surface area (Å²) in [6.07, 6.45) is 0.919. The van der Waals surface area contributed by atoms with Gasteiger partial charge < -0.3 is 15.6 Å². The number of halogens is 1. The molecule has 0 amide bonds. The van der Waals surface area contributed by atoms with Gasteiger partial charge in [0.25, 0.3) is 0 Å². The fourth-order valence-electron chi connectivity index (χ4n) is 1.69. The fourth-order valence-corrected chi connectivity index (χ4v) is 1.69. The molecule has 0 aliphatic carbocycles. The molecular formula is C13H20ClNO3. The standard InChI is InChI=1S/C13H19NO3.ClH/c1-3-5-11(15)12(14)9-6-4-7-10(8-9)13(16)17-2;/h4,6-8,11-12,15H,3,5,14H2,1-2H3;1H/t11-,12+;/m0./s1. The lowest BCUT2D eigenvalue weighted by atomic mass is 9.97. The van der Waals surface area contributed by atoms with Crippen molar-refractivity contribution in [3.05, 3.63) is 35.4 Å². The first-order valence-corrected chi connectivity index (χ1v) is 5.72. The van der Waals surface area contributed by atoms with Gasteiger partial charge in [-0.25, -0.2) is 4.79 Å². The van der Waals surface area contributed by atoms with E-state index < -0.39 is 18.1 Å². The van der Waals surface area contributed by atoms with Crippen LogP contribution < -0.4 is 5.73 Å². The van der Waals surface area contributed by atoms with Crippen molar-refractivity contribution in [2.75, 3.05) is 7.11 Å². The van der Waals surface area contributed by atoms with Crippen LogP contribution in [0.5, 0.6) is 0 Å². The maximum Gasteiger partial charge on any atom is 0.337 e. The van der Waals surface area contributed by atoms with Crippen molar-refractivity contribution in [2.45, 2.75) is 31.9 Å². The molecule has 1 aromatic rings. The van der Waals surface area contributed by atoms with Crippen LogP contribution in [-0.4, -0.2) is 24.3 Å². The van der Waals surface area contributed by atoms with Crippen molar-refractivity contribution >= 4 is 18.4 Å². The molecule has 0 aromatic heterocycles. The molecule has 2 atom stereocenters. The molecule has 0 aliphatic rings. The largest absolute Gasteiger partial charge is 0.465 e. The van der Waals surface area contributed by atoms with Gasteiger partial charge >= 0.3 is 5.97 Å². The van der Waals surface area contributed by atoms with Crippen LogP contribution in [0.1, 0.15) is 41.7 Å². The molecule has 3 N–H and O–H groups in total. The summed E-state index contributed by atoms with van der Waals surface area (Å²) in [5.74, 6) is -0.399. The average molecular weight is 274 g/mol. The summed E-state index contributed by atoms with van der Waals surface area (Å²) >= 11 is 0. The van der Waals surface area contributed by atoms with Crippen LogP contribution in [0.15, 0.2) is 24.3 Å². The Morgan fingerprint density at radius 3 is 2.72 bits per heavy atom. The number of carbonyl (C=O) groups excluding carboxylic acids is 1. The molecule has 0 heterocycles. The molecule has 0 aliphatic heterocycles. The molecule has 0 fully saturated rings. The Morgan fingerprint density at radius 1 is 1.50 bits per heavy atom. The molecule has 0 unspecified atom stereocenters. The Hall–Kier alpha value is -1.10. The van der Waals surface area contributed by atoms with Crippen molar-refractivity contribution in [3.8, 4) is 0 Å². The predicted octanol–water partition coefficient (Wildman–Crippen LogP) is 2.06. The van der Waals surface area contributed by atoms with E-state index in [4.69, 9.17) is 5.73 Å². The molecule has 4 nitrogen and oxygen atoms in total. The predicted molar refractivity (Wildman–Crippen MR) is 72.9 cm³/mol. The van der Waals surface area contributed by atoms with Crippen LogP contribution in [0.2, 0.25) is 0 Å². The van der Waals surface area contributed by atoms with E-state index in [-0.39, 0.29) is 12.4 Å². The summed E-state index contributed by atoms with van der Waals surface area (Å²) in [4.78, 5) is 11.4. The highest BCUT2D eigenvalue weighted by molar-refractivity contribution is 5.89. The van der Waals surface area contributed by atoms with Gasteiger partial charge in [-0.15, -0.1) is 12.4 Å². The quantitative estimate of drug-likeness (QED) is 0.806. The van der Waals surface area contributed by atoms with E-state index in [0.717, 1.165) is 12.0 Å². The second-order valence-electron chi connectivity index (χ2n) is 4.00. The van der Waals surface area contributed by atoms with Crippen LogP contribution in [0.4, 0.5) is 0 Å². The Labute approximate surface area is 114 Å². The molecular weight excluding hydrogens is 254 g/mol. The third-order valence-electron chi connectivity index (χ3n) is 2.69. The molecule has 0 spiro atoms. The first kappa shape index (κ1) is 16.9. The zero-order valence-electron chi connectivity index (χ0n) is 10.6. The third-order valence-corrected chi connectivity index (χ3v) is 2.69. The lowest BCUT2D eigenvalue weighted by Crippen LogP contribution is -2.26. The van der Waals surface area contributed by atoms with Gasteiger partial charge in [0.1, 0.15) is 0 Å². The van der Waals surface area contributed by atoms with Gasteiger partial charge in [-0.3, -0.25) is 0 Å². The van der Waals surface area contributed by atoms with Gasteiger partial charge in [-0.2, -0.15) is 0 Å². The zero-order chi connectivity index (χ0) is 12.8. The smallest absolute Gasteiger partial charge is 0.337 e. The van der Waals surface area contributed by atoms with Crippen molar-refractivity contribution in [3.63, 3.8) is 0 Å². The van der Waals surface area contributed by atoms with E-state index in [1.165, 1.54) is 7.11 Å². The maximum atomic E-state index is 11.4. The van der Waals surface area contributed by atoms with Crippen LogP contribution >= 0.6 is 12.4 Å². The van der Waals surface area contributed by atoms with Gasteiger partial charge in [0.05, 0.1) is 24.8 Å². The third kappa shape index (κ3) is 4.29. The number of methoxy groups -OCH3 is 1. The van der Waals surface area contributed by atoms with E-state index in [1.54, 1.807) is 24.3 Å². The second kappa shape index (κ2) is 8.08. The summed E-state index contributed by atoms with van der Waals surface area (Å²) in [7, 11) is 1.33. The lowest BCUT2D eigenvalue weighted by molar-refractivity contribution is 0.0600. The van der Waals surface area contributed by atoms with Crippen LogP contribution in [0, 0.1) is 0 Å². The number of benzene rings is 1. The molecule has 0 radical (unpaired) electrons. The lowest BCUT2D eigenvalue weighted by Gasteiger charge is -2.19. The fraction of sp³-hybridized carbons (Fsp3) is 0.462. The Morgan fingerprint density at radius 2 is 2.17 bits per heavy atom. The minimum atomic E-state index is -0.590. The van der Waals surface area contributed by atoms with Crippen LogP contribution in [0.3, 0.4) is 0 Å². The molecule has 0 saturated heterocycles. The van der Waals surface area contributed by atoms with E-state index in [2.05, 4.69) is 4.74 Å². The van der Waals surface area contributed by atoms with E-state index >= 15 is 0 Å². The number of hydrogen-bond donors (Lipinski definition) is 2. The number of aliphatic hydroxyl groups excluding tert-OH is 1.